The van der Waals surface area contributed by atoms with Gasteiger partial charge in [-0.1, -0.05) is 191 Å². The minimum Gasteiger partial charge on any atom is -0.311 e. The fourth-order valence-corrected chi connectivity index (χ4v) is 14.6. The zero-order valence-electron chi connectivity index (χ0n) is 54.1. The molecular formula is C80H87BN4. The van der Waals surface area contributed by atoms with Crippen molar-refractivity contribution in [3.8, 4) is 22.3 Å². The Morgan fingerprint density at radius 3 is 1.42 bits per heavy atom. The van der Waals surface area contributed by atoms with Gasteiger partial charge in [0.25, 0.3) is 6.71 Å². The Bertz CT molecular complexity index is 4070. The van der Waals surface area contributed by atoms with Gasteiger partial charge in [-0.05, 0) is 224 Å². The normalized spacial score (nSPS) is 15.3. The van der Waals surface area contributed by atoms with Gasteiger partial charge in [0.15, 0.2) is 0 Å². The van der Waals surface area contributed by atoms with Crippen LogP contribution < -0.4 is 26.2 Å². The van der Waals surface area contributed by atoms with Gasteiger partial charge in [-0.2, -0.15) is 0 Å². The molecule has 430 valence electrons. The standard InChI is InChI=1S/C80H87BN4/c1-74(2,3)51-23-27-59(28-24-51)84-69-48-64-63(61-29-22-49-20-19-21-60(49)72(61)80(64,52-32-36-82-37-33-52)53-34-38-83-39-35-53)47-66(69)81-65-44-55(76(7,8)9)26-31-68(65)85(71-46-58(79(16,17)18)45-70(84)73(71)81)67-30-25-54(75(4,5)6)43-62(67)50-40-56(77(10,11)12)42-57(41-50)78(13,14)15/h22-48H,19-21H2,1-18H3. The van der Waals surface area contributed by atoms with Crippen LogP contribution in [-0.4, -0.2) is 16.7 Å². The predicted octanol–water partition coefficient (Wildman–Crippen LogP) is 18.9. The molecule has 0 N–H and O–H groups in total. The quantitative estimate of drug-likeness (QED) is 0.161. The maximum atomic E-state index is 4.67. The molecule has 2 aliphatic carbocycles. The Kier molecular flexibility index (Phi) is 12.8. The number of anilines is 6. The van der Waals surface area contributed by atoms with E-state index in [0.717, 1.165) is 24.9 Å². The van der Waals surface area contributed by atoms with Crippen LogP contribution in [-0.2, 0) is 50.7 Å². The molecule has 4 heterocycles. The number of hydrogen-bond donors (Lipinski definition) is 0. The van der Waals surface area contributed by atoms with Crippen molar-refractivity contribution in [2.24, 2.45) is 0 Å². The van der Waals surface area contributed by atoms with Gasteiger partial charge in [-0.25, -0.2) is 0 Å². The highest BCUT2D eigenvalue weighted by molar-refractivity contribution is 7.00. The molecule has 0 bridgehead atoms. The van der Waals surface area contributed by atoms with Crippen LogP contribution in [0.2, 0.25) is 0 Å². The van der Waals surface area contributed by atoms with Crippen molar-refractivity contribution in [3.05, 3.63) is 231 Å². The van der Waals surface area contributed by atoms with Crippen LogP contribution in [0.3, 0.4) is 0 Å². The second-order valence-electron chi connectivity index (χ2n) is 31.5. The van der Waals surface area contributed by atoms with E-state index in [4.69, 9.17) is 0 Å². The Morgan fingerprint density at radius 1 is 0.376 bits per heavy atom. The summed E-state index contributed by atoms with van der Waals surface area (Å²) < 4.78 is 0. The lowest BCUT2D eigenvalue weighted by Crippen LogP contribution is -2.61. The number of pyridine rings is 2. The van der Waals surface area contributed by atoms with E-state index in [2.05, 4.69) is 284 Å². The summed E-state index contributed by atoms with van der Waals surface area (Å²) in [6.45, 7) is 42.4. The van der Waals surface area contributed by atoms with E-state index < -0.39 is 5.41 Å². The maximum absolute atomic E-state index is 4.67. The molecule has 0 fully saturated rings. The largest absolute Gasteiger partial charge is 0.311 e. The molecule has 0 saturated heterocycles. The van der Waals surface area contributed by atoms with Gasteiger partial charge in [0.1, 0.15) is 0 Å². The molecule has 85 heavy (non-hydrogen) atoms. The zero-order valence-corrected chi connectivity index (χ0v) is 54.1. The molecule has 0 unspecified atom stereocenters. The summed E-state index contributed by atoms with van der Waals surface area (Å²) >= 11 is 0. The SMILES string of the molecule is CC(C)(C)c1ccc(N2c3cc4c(cc3B3c5cc(C(C)(C)C)ccc5N(c5ccc(C(C)(C)C)cc5-c5cc(C(C)(C)C)cc(C(C)(C)C)c5)c5cc(C(C)(C)C)cc2c53)-c2ccc3c(c2C4(c2ccncc2)c2ccncc2)CCC3)cc1. The van der Waals surface area contributed by atoms with E-state index in [1.807, 2.05) is 24.8 Å². The van der Waals surface area contributed by atoms with Crippen molar-refractivity contribution >= 4 is 57.2 Å². The highest BCUT2D eigenvalue weighted by Gasteiger charge is 2.52. The number of hydrogen-bond acceptors (Lipinski definition) is 4. The third kappa shape index (κ3) is 9.14. The van der Waals surface area contributed by atoms with Gasteiger partial charge >= 0.3 is 0 Å². The first-order chi connectivity index (χ1) is 39.9. The Hall–Kier alpha value is -7.50. The van der Waals surface area contributed by atoms with Crippen molar-refractivity contribution in [3.63, 3.8) is 0 Å². The molecule has 5 heteroatoms. The van der Waals surface area contributed by atoms with E-state index in [1.165, 1.54) is 134 Å². The molecule has 2 aromatic heterocycles. The number of fused-ring (bicyclic) bond motifs is 9. The lowest BCUT2D eigenvalue weighted by atomic mass is 9.33. The van der Waals surface area contributed by atoms with Crippen molar-refractivity contribution in [2.75, 3.05) is 9.80 Å². The van der Waals surface area contributed by atoms with Crippen LogP contribution in [0.25, 0.3) is 22.3 Å². The lowest BCUT2D eigenvalue weighted by Gasteiger charge is -2.46. The van der Waals surface area contributed by atoms with Gasteiger partial charge in [0.2, 0.25) is 0 Å². The van der Waals surface area contributed by atoms with Gasteiger partial charge in [0.05, 0.1) is 11.1 Å². The van der Waals surface area contributed by atoms with Gasteiger partial charge < -0.3 is 9.80 Å². The fraction of sp³-hybridized carbons (Fsp3) is 0.350. The molecule has 9 aromatic rings. The van der Waals surface area contributed by atoms with E-state index >= 15 is 0 Å². The summed E-state index contributed by atoms with van der Waals surface area (Å²) in [7, 11) is 0. The first-order valence-electron chi connectivity index (χ1n) is 31.4. The second kappa shape index (κ2) is 19.3. The van der Waals surface area contributed by atoms with Crippen LogP contribution in [0.1, 0.15) is 198 Å². The number of aromatic nitrogens is 2. The average Bonchev–Trinajstić information content (AvgIpc) is 2.01. The lowest BCUT2D eigenvalue weighted by molar-refractivity contribution is 0.569. The second-order valence-corrected chi connectivity index (χ2v) is 31.5. The molecule has 0 atom stereocenters. The van der Waals surface area contributed by atoms with E-state index in [9.17, 15) is 0 Å². The van der Waals surface area contributed by atoms with Gasteiger partial charge in [-0.3, -0.25) is 9.97 Å². The van der Waals surface area contributed by atoms with Crippen molar-refractivity contribution in [1.29, 1.82) is 0 Å². The number of aryl methyl sites for hydroxylation is 1. The molecule has 4 nitrogen and oxygen atoms in total. The minimum absolute atomic E-state index is 0.0223. The van der Waals surface area contributed by atoms with Crippen molar-refractivity contribution < 1.29 is 0 Å². The van der Waals surface area contributed by atoms with E-state index in [0.29, 0.717) is 0 Å². The topological polar surface area (TPSA) is 32.3 Å². The Morgan fingerprint density at radius 2 is 0.871 bits per heavy atom. The summed E-state index contributed by atoms with van der Waals surface area (Å²) in [5.74, 6) is 0. The Labute approximate surface area is 509 Å². The first-order valence-corrected chi connectivity index (χ1v) is 31.4. The van der Waals surface area contributed by atoms with Crippen molar-refractivity contribution in [2.45, 2.75) is 182 Å². The first kappa shape index (κ1) is 56.6. The molecular weight excluding hydrogens is 1030 g/mol. The van der Waals surface area contributed by atoms with Crippen LogP contribution in [0.4, 0.5) is 34.1 Å². The molecule has 13 rings (SSSR count). The molecule has 7 aromatic carbocycles. The van der Waals surface area contributed by atoms with E-state index in [-0.39, 0.29) is 39.2 Å². The number of rotatable bonds is 5. The Balaban J connectivity index is 1.19. The molecule has 4 aliphatic rings. The van der Waals surface area contributed by atoms with Gasteiger partial charge in [-0.15, -0.1) is 0 Å². The summed E-state index contributed by atoms with van der Waals surface area (Å²) in [5.41, 5.74) is 31.3. The highest BCUT2D eigenvalue weighted by atomic mass is 15.2. The third-order valence-electron chi connectivity index (χ3n) is 19.6. The van der Waals surface area contributed by atoms with Crippen molar-refractivity contribution in [1.82, 2.24) is 9.97 Å². The minimum atomic E-state index is -0.630. The fourth-order valence-electron chi connectivity index (χ4n) is 14.6. The molecule has 0 spiro atoms. The zero-order chi connectivity index (χ0) is 60.3. The third-order valence-corrected chi connectivity index (χ3v) is 19.6. The van der Waals surface area contributed by atoms with Gasteiger partial charge in [0, 0.05) is 58.8 Å². The number of benzene rings is 7. The van der Waals surface area contributed by atoms with Crippen LogP contribution >= 0.6 is 0 Å². The summed E-state index contributed by atoms with van der Waals surface area (Å²) in [4.78, 5) is 14.7. The number of nitrogens with zero attached hydrogens (tertiary/aromatic N) is 4. The smallest absolute Gasteiger partial charge is 0.252 e. The van der Waals surface area contributed by atoms with Crippen LogP contribution in [0.5, 0.6) is 0 Å². The summed E-state index contributed by atoms with van der Waals surface area (Å²) in [6, 6.07) is 56.5. The molecule has 0 saturated carbocycles. The highest BCUT2D eigenvalue weighted by Crippen LogP contribution is 2.60. The monoisotopic (exact) mass is 1110 g/mol. The summed E-state index contributed by atoms with van der Waals surface area (Å²) in [6.07, 6.45) is 11.3. The summed E-state index contributed by atoms with van der Waals surface area (Å²) in [5, 5.41) is 0. The van der Waals surface area contributed by atoms with Crippen LogP contribution in [0, 0.1) is 0 Å². The van der Waals surface area contributed by atoms with E-state index in [1.54, 1.807) is 0 Å². The molecule has 2 aliphatic heterocycles. The average molecular weight is 1120 g/mol. The molecule has 0 amide bonds. The van der Waals surface area contributed by atoms with Crippen LogP contribution in [0.15, 0.2) is 164 Å². The maximum Gasteiger partial charge on any atom is 0.252 e. The molecule has 0 radical (unpaired) electrons. The predicted molar refractivity (Wildman–Crippen MR) is 363 cm³/mol.